The van der Waals surface area contributed by atoms with Crippen molar-refractivity contribution < 1.29 is 9.66 Å². The number of nitroso groups, excluding NO2 is 1. The Morgan fingerprint density at radius 2 is 1.94 bits per heavy atom. The first kappa shape index (κ1) is 10.6. The minimum atomic E-state index is -0.277. The van der Waals surface area contributed by atoms with Gasteiger partial charge in [-0.2, -0.15) is 5.01 Å². The van der Waals surface area contributed by atoms with E-state index < -0.39 is 0 Å². The van der Waals surface area contributed by atoms with Crippen molar-refractivity contribution in [3.05, 3.63) is 41.8 Å². The third kappa shape index (κ3) is 1.76. The number of anilines is 1. The van der Waals surface area contributed by atoms with Gasteiger partial charge in [-0.05, 0) is 23.7 Å². The molecule has 0 bridgehead atoms. The third-order valence-electron chi connectivity index (χ3n) is 2.31. The molecule has 1 aromatic rings. The Morgan fingerprint density at radius 1 is 1.25 bits per heavy atom. The average Bonchev–Trinajstić information content (AvgIpc) is 2.56. The Balaban J connectivity index is 2.30. The van der Waals surface area contributed by atoms with E-state index in [1.54, 1.807) is 12.1 Å². The van der Waals surface area contributed by atoms with Crippen LogP contribution in [0.2, 0.25) is 0 Å². The standard InChI is InChI=1S/C11H13N3O2/c1-2-8-12-11(15)9-13(16)14(12)10-6-4-3-5-7-10/h3-7,9H,2,8H2,1H3/q+1. The van der Waals surface area contributed by atoms with Crippen molar-refractivity contribution in [1.29, 1.82) is 0 Å². The summed E-state index contributed by atoms with van der Waals surface area (Å²) in [4.78, 5) is 23.7. The normalized spacial score (nSPS) is 16.1. The molecule has 1 amide bonds. The summed E-state index contributed by atoms with van der Waals surface area (Å²) < 4.78 is 0. The molecule has 1 aromatic carbocycles. The van der Waals surface area contributed by atoms with E-state index in [2.05, 4.69) is 0 Å². The predicted octanol–water partition coefficient (Wildman–Crippen LogP) is 1.52. The monoisotopic (exact) mass is 219 g/mol. The Kier molecular flexibility index (Phi) is 2.85. The molecular formula is C11H13N3O2+. The van der Waals surface area contributed by atoms with Crippen LogP contribution in [0.5, 0.6) is 0 Å². The molecule has 0 N–H and O–H groups in total. The number of amides is 1. The fraction of sp³-hybridized carbons (Fsp3) is 0.273. The zero-order valence-electron chi connectivity index (χ0n) is 9.04. The van der Waals surface area contributed by atoms with Crippen LogP contribution < -0.4 is 5.12 Å². The molecule has 1 aliphatic rings. The first-order valence-electron chi connectivity index (χ1n) is 5.21. The van der Waals surface area contributed by atoms with Gasteiger partial charge < -0.3 is 0 Å². The maximum atomic E-state index is 11.6. The van der Waals surface area contributed by atoms with Crippen molar-refractivity contribution in [2.24, 2.45) is 0 Å². The zero-order chi connectivity index (χ0) is 11.5. The molecule has 1 radical (unpaired) electrons. The van der Waals surface area contributed by atoms with E-state index in [1.165, 1.54) is 10.1 Å². The quantitative estimate of drug-likeness (QED) is 0.724. The topological polar surface area (TPSA) is 43.6 Å². The summed E-state index contributed by atoms with van der Waals surface area (Å²) in [5.41, 5.74) is 0.688. The Hall–Kier alpha value is -1.91. The molecule has 0 atom stereocenters. The molecule has 83 valence electrons. The Labute approximate surface area is 93.8 Å². The van der Waals surface area contributed by atoms with Crippen LogP contribution in [-0.2, 0) is 4.79 Å². The Bertz CT molecular complexity index is 405. The van der Waals surface area contributed by atoms with Crippen LogP contribution in [0.4, 0.5) is 5.69 Å². The maximum Gasteiger partial charge on any atom is 0.392 e. The van der Waals surface area contributed by atoms with Crippen LogP contribution in [0.1, 0.15) is 13.3 Å². The molecule has 0 saturated carbocycles. The van der Waals surface area contributed by atoms with Crippen LogP contribution in [0, 0.1) is 11.5 Å². The first-order valence-corrected chi connectivity index (χ1v) is 5.21. The number of hydrogen-bond acceptors (Lipinski definition) is 2. The van der Waals surface area contributed by atoms with Gasteiger partial charge in [-0.15, -0.1) is 0 Å². The molecule has 0 spiro atoms. The van der Waals surface area contributed by atoms with Crippen LogP contribution in [-0.4, -0.2) is 22.3 Å². The number of para-hydroxylation sites is 1. The molecule has 0 unspecified atom stereocenters. The van der Waals surface area contributed by atoms with Crippen LogP contribution in [0.15, 0.2) is 30.3 Å². The summed E-state index contributed by atoms with van der Waals surface area (Å²) in [7, 11) is 0. The fourth-order valence-corrected chi connectivity index (χ4v) is 1.65. The van der Waals surface area contributed by atoms with Gasteiger partial charge in [0, 0.05) is 6.54 Å². The number of carbonyl (C=O) groups excluding carboxylic acids is 1. The molecule has 0 aromatic heterocycles. The number of benzene rings is 1. The van der Waals surface area contributed by atoms with Crippen LogP contribution in [0.3, 0.4) is 0 Å². The second-order valence-electron chi connectivity index (χ2n) is 3.52. The zero-order valence-corrected chi connectivity index (χ0v) is 9.04. The van der Waals surface area contributed by atoms with Crippen molar-refractivity contribution in [2.75, 3.05) is 11.7 Å². The number of hydrogen-bond donors (Lipinski definition) is 0. The number of rotatable bonds is 3. The van der Waals surface area contributed by atoms with Gasteiger partial charge in [0.1, 0.15) is 5.69 Å². The SMILES string of the molecule is CCCN1C(=O)[CH][N+](=O)N1c1ccccc1. The van der Waals surface area contributed by atoms with E-state index in [-0.39, 0.29) is 5.91 Å². The van der Waals surface area contributed by atoms with E-state index in [0.717, 1.165) is 13.0 Å². The highest BCUT2D eigenvalue weighted by molar-refractivity contribution is 5.85. The lowest BCUT2D eigenvalue weighted by molar-refractivity contribution is -0.519. The first-order chi connectivity index (χ1) is 7.74. The van der Waals surface area contributed by atoms with Gasteiger partial charge in [0.25, 0.3) is 0 Å². The van der Waals surface area contributed by atoms with Gasteiger partial charge in [0.05, 0.1) is 4.91 Å². The van der Waals surface area contributed by atoms with Gasteiger partial charge in [0.2, 0.25) is 0 Å². The number of nitrogens with zero attached hydrogens (tertiary/aromatic N) is 3. The lowest BCUT2D eigenvalue weighted by atomic mass is 10.3. The highest BCUT2D eigenvalue weighted by atomic mass is 16.4. The fourth-order valence-electron chi connectivity index (χ4n) is 1.65. The molecule has 16 heavy (non-hydrogen) atoms. The summed E-state index contributed by atoms with van der Waals surface area (Å²) in [6, 6.07) is 9.11. The average molecular weight is 219 g/mol. The third-order valence-corrected chi connectivity index (χ3v) is 2.31. The van der Waals surface area contributed by atoms with Crippen molar-refractivity contribution in [1.82, 2.24) is 5.01 Å². The van der Waals surface area contributed by atoms with E-state index >= 15 is 0 Å². The van der Waals surface area contributed by atoms with Gasteiger partial charge in [-0.3, -0.25) is 4.79 Å². The molecule has 1 fully saturated rings. The second-order valence-corrected chi connectivity index (χ2v) is 3.52. The number of carbonyl (C=O) groups is 1. The minimum Gasteiger partial charge on any atom is -0.264 e. The van der Waals surface area contributed by atoms with E-state index in [1.807, 2.05) is 25.1 Å². The predicted molar refractivity (Wildman–Crippen MR) is 58.9 cm³/mol. The summed E-state index contributed by atoms with van der Waals surface area (Å²) in [5.74, 6) is -0.277. The molecule has 5 heteroatoms. The molecule has 1 saturated heterocycles. The van der Waals surface area contributed by atoms with Crippen molar-refractivity contribution in [3.8, 4) is 0 Å². The molecule has 1 aliphatic heterocycles. The molecule has 0 aliphatic carbocycles. The van der Waals surface area contributed by atoms with E-state index in [0.29, 0.717) is 17.1 Å². The lowest BCUT2D eigenvalue weighted by Crippen LogP contribution is -2.41. The van der Waals surface area contributed by atoms with Crippen LogP contribution >= 0.6 is 0 Å². The van der Waals surface area contributed by atoms with Gasteiger partial charge in [0.15, 0.2) is 4.87 Å². The van der Waals surface area contributed by atoms with Crippen molar-refractivity contribution >= 4 is 11.6 Å². The second kappa shape index (κ2) is 4.30. The van der Waals surface area contributed by atoms with Gasteiger partial charge >= 0.3 is 12.5 Å². The molecule has 5 nitrogen and oxygen atoms in total. The summed E-state index contributed by atoms with van der Waals surface area (Å²) in [6.07, 6.45) is 0.802. The number of hydrazine groups is 2. The molecular weight excluding hydrogens is 206 g/mol. The van der Waals surface area contributed by atoms with Gasteiger partial charge in [-0.25, -0.2) is 0 Å². The lowest BCUT2D eigenvalue weighted by Gasteiger charge is -2.18. The van der Waals surface area contributed by atoms with E-state index in [4.69, 9.17) is 0 Å². The summed E-state index contributed by atoms with van der Waals surface area (Å²) in [5, 5.41) is 2.77. The van der Waals surface area contributed by atoms with Crippen molar-refractivity contribution in [2.45, 2.75) is 13.3 Å². The summed E-state index contributed by atoms with van der Waals surface area (Å²) >= 11 is 0. The smallest absolute Gasteiger partial charge is 0.264 e. The summed E-state index contributed by atoms with van der Waals surface area (Å²) in [6.45, 7) is 3.54. The van der Waals surface area contributed by atoms with Gasteiger partial charge in [-0.1, -0.05) is 25.1 Å². The maximum absolute atomic E-state index is 11.6. The van der Waals surface area contributed by atoms with E-state index in [9.17, 15) is 9.70 Å². The largest absolute Gasteiger partial charge is 0.392 e. The highest BCUT2D eigenvalue weighted by Gasteiger charge is 2.45. The molecule has 1 heterocycles. The van der Waals surface area contributed by atoms with Crippen LogP contribution in [0.25, 0.3) is 0 Å². The minimum absolute atomic E-state index is 0.277. The highest BCUT2D eigenvalue weighted by Crippen LogP contribution is 2.22. The Morgan fingerprint density at radius 3 is 2.56 bits per heavy atom. The van der Waals surface area contributed by atoms with Crippen molar-refractivity contribution in [3.63, 3.8) is 0 Å². The molecule has 2 rings (SSSR count).